The van der Waals surface area contributed by atoms with Crippen molar-refractivity contribution < 1.29 is 18.7 Å². The number of rotatable bonds is 4. The van der Waals surface area contributed by atoms with Crippen molar-refractivity contribution in [1.82, 2.24) is 5.16 Å². The molecular formula is C7H11NO4. The summed E-state index contributed by atoms with van der Waals surface area (Å²) in [7, 11) is 2.96. The molecule has 5 heteroatoms. The first kappa shape index (κ1) is 8.70. The van der Waals surface area contributed by atoms with Crippen LogP contribution in [0.3, 0.4) is 0 Å². The standard InChI is InChI=1S/C7H11NO4/c1-4-11-5-6(9-2)8-12-7(5)10-3/h4H2,1-3H3. The van der Waals surface area contributed by atoms with Crippen molar-refractivity contribution in [3.8, 4) is 17.6 Å². The summed E-state index contributed by atoms with van der Waals surface area (Å²) < 4.78 is 19.7. The first-order valence-electron chi connectivity index (χ1n) is 3.53. The lowest BCUT2D eigenvalue weighted by Gasteiger charge is -2.01. The van der Waals surface area contributed by atoms with Crippen LogP contribution in [0.1, 0.15) is 6.92 Å². The molecule has 0 aromatic carbocycles. The van der Waals surface area contributed by atoms with Crippen LogP contribution < -0.4 is 14.2 Å². The Bertz CT molecular complexity index is 224. The summed E-state index contributed by atoms with van der Waals surface area (Å²) in [6.07, 6.45) is 0. The molecule has 0 aliphatic heterocycles. The van der Waals surface area contributed by atoms with Gasteiger partial charge in [0.15, 0.2) is 0 Å². The molecule has 5 nitrogen and oxygen atoms in total. The molecule has 0 amide bonds. The first-order chi connectivity index (χ1) is 5.83. The second-order valence-corrected chi connectivity index (χ2v) is 1.95. The molecule has 0 fully saturated rings. The molecule has 1 rings (SSSR count). The van der Waals surface area contributed by atoms with Crippen LogP contribution in [-0.2, 0) is 0 Å². The molecule has 0 spiro atoms. The lowest BCUT2D eigenvalue weighted by atomic mass is 10.6. The summed E-state index contributed by atoms with van der Waals surface area (Å²) >= 11 is 0. The van der Waals surface area contributed by atoms with Gasteiger partial charge in [0.05, 0.1) is 20.8 Å². The third-order valence-corrected chi connectivity index (χ3v) is 1.26. The maximum atomic E-state index is 5.18. The third kappa shape index (κ3) is 1.44. The number of aromatic nitrogens is 1. The maximum absolute atomic E-state index is 5.18. The third-order valence-electron chi connectivity index (χ3n) is 1.26. The van der Waals surface area contributed by atoms with Gasteiger partial charge in [0, 0.05) is 0 Å². The predicted molar refractivity (Wildman–Crippen MR) is 40.8 cm³/mol. The van der Waals surface area contributed by atoms with E-state index >= 15 is 0 Å². The van der Waals surface area contributed by atoms with Gasteiger partial charge in [0.2, 0.25) is 0 Å². The van der Waals surface area contributed by atoms with Crippen molar-refractivity contribution in [2.45, 2.75) is 6.92 Å². The van der Waals surface area contributed by atoms with E-state index in [1.165, 1.54) is 14.2 Å². The molecule has 12 heavy (non-hydrogen) atoms. The number of nitrogens with zero attached hydrogens (tertiary/aromatic N) is 1. The van der Waals surface area contributed by atoms with Gasteiger partial charge in [-0.3, -0.25) is 0 Å². The second-order valence-electron chi connectivity index (χ2n) is 1.95. The van der Waals surface area contributed by atoms with Crippen molar-refractivity contribution in [3.05, 3.63) is 0 Å². The van der Waals surface area contributed by atoms with Crippen molar-refractivity contribution >= 4 is 0 Å². The van der Waals surface area contributed by atoms with E-state index in [9.17, 15) is 0 Å². The SMILES string of the molecule is CCOc1c(OC)noc1OC. The van der Waals surface area contributed by atoms with Crippen molar-refractivity contribution in [2.24, 2.45) is 0 Å². The summed E-state index contributed by atoms with van der Waals surface area (Å²) in [5, 5.41) is 3.58. The van der Waals surface area contributed by atoms with Gasteiger partial charge in [0.1, 0.15) is 0 Å². The molecule has 0 atom stereocenters. The molecule has 0 N–H and O–H groups in total. The zero-order valence-corrected chi connectivity index (χ0v) is 7.29. The highest BCUT2D eigenvalue weighted by molar-refractivity contribution is 5.40. The molecule has 1 aromatic rings. The van der Waals surface area contributed by atoms with E-state index in [-0.39, 0.29) is 5.95 Å². The molecule has 0 radical (unpaired) electrons. The summed E-state index contributed by atoms with van der Waals surface area (Å²) in [6.45, 7) is 2.36. The van der Waals surface area contributed by atoms with E-state index in [0.29, 0.717) is 18.2 Å². The van der Waals surface area contributed by atoms with E-state index in [1.807, 2.05) is 6.92 Å². The van der Waals surface area contributed by atoms with Crippen molar-refractivity contribution in [3.63, 3.8) is 0 Å². The Morgan fingerprint density at radius 2 is 2.08 bits per heavy atom. The van der Waals surface area contributed by atoms with Crippen LogP contribution in [0.2, 0.25) is 0 Å². The van der Waals surface area contributed by atoms with Crippen LogP contribution in [0.25, 0.3) is 0 Å². The molecule has 68 valence electrons. The molecule has 1 aromatic heterocycles. The molecule has 0 saturated heterocycles. The second kappa shape index (κ2) is 3.85. The van der Waals surface area contributed by atoms with E-state index in [0.717, 1.165) is 0 Å². The van der Waals surface area contributed by atoms with Crippen LogP contribution in [-0.4, -0.2) is 26.0 Å². The first-order valence-corrected chi connectivity index (χ1v) is 3.53. The van der Waals surface area contributed by atoms with Gasteiger partial charge in [-0.2, -0.15) is 0 Å². The fraction of sp³-hybridized carbons (Fsp3) is 0.571. The molecule has 0 aliphatic rings. The minimum Gasteiger partial charge on any atom is -0.483 e. The highest BCUT2D eigenvalue weighted by atomic mass is 16.7. The van der Waals surface area contributed by atoms with Crippen LogP contribution >= 0.6 is 0 Å². The molecular weight excluding hydrogens is 162 g/mol. The van der Waals surface area contributed by atoms with Gasteiger partial charge in [-0.05, 0) is 12.1 Å². The Morgan fingerprint density at radius 1 is 1.33 bits per heavy atom. The van der Waals surface area contributed by atoms with Gasteiger partial charge in [0.25, 0.3) is 5.75 Å². The molecule has 0 saturated carbocycles. The highest BCUT2D eigenvalue weighted by Crippen LogP contribution is 2.36. The Labute approximate surface area is 70.2 Å². The van der Waals surface area contributed by atoms with E-state index in [1.54, 1.807) is 0 Å². The average molecular weight is 173 g/mol. The fourth-order valence-corrected chi connectivity index (χ4v) is 0.778. The minimum absolute atomic E-state index is 0.230. The van der Waals surface area contributed by atoms with Gasteiger partial charge in [-0.15, -0.1) is 0 Å². The van der Waals surface area contributed by atoms with Crippen LogP contribution in [0.15, 0.2) is 4.52 Å². The molecule has 1 heterocycles. The maximum Gasteiger partial charge on any atom is 0.358 e. The highest BCUT2D eigenvalue weighted by Gasteiger charge is 2.18. The number of ether oxygens (including phenoxy) is 3. The molecule has 0 aliphatic carbocycles. The van der Waals surface area contributed by atoms with Crippen LogP contribution in [0.5, 0.6) is 17.6 Å². The molecule has 0 bridgehead atoms. The molecule has 0 unspecified atom stereocenters. The fourth-order valence-electron chi connectivity index (χ4n) is 0.778. The summed E-state index contributed by atoms with van der Waals surface area (Å²) in [5.74, 6) is 0.935. The van der Waals surface area contributed by atoms with Crippen molar-refractivity contribution in [1.29, 1.82) is 0 Å². The van der Waals surface area contributed by atoms with E-state index in [2.05, 4.69) is 5.16 Å². The predicted octanol–water partition coefficient (Wildman–Crippen LogP) is 1.09. The number of hydrogen-bond donors (Lipinski definition) is 0. The van der Waals surface area contributed by atoms with Gasteiger partial charge < -0.3 is 18.7 Å². The van der Waals surface area contributed by atoms with Gasteiger partial charge in [-0.1, -0.05) is 0 Å². The Hall–Kier alpha value is -1.39. The summed E-state index contributed by atoms with van der Waals surface area (Å²) in [4.78, 5) is 0. The Balaban J connectivity index is 2.90. The lowest BCUT2D eigenvalue weighted by Crippen LogP contribution is -1.94. The Morgan fingerprint density at radius 3 is 2.58 bits per heavy atom. The Kier molecular flexibility index (Phi) is 2.79. The monoisotopic (exact) mass is 173 g/mol. The zero-order valence-electron chi connectivity index (χ0n) is 7.29. The summed E-state index contributed by atoms with van der Waals surface area (Å²) in [6, 6.07) is 0. The number of hydrogen-bond acceptors (Lipinski definition) is 5. The van der Waals surface area contributed by atoms with E-state index in [4.69, 9.17) is 18.7 Å². The topological polar surface area (TPSA) is 53.7 Å². The smallest absolute Gasteiger partial charge is 0.358 e. The lowest BCUT2D eigenvalue weighted by molar-refractivity contribution is 0.237. The average Bonchev–Trinajstić information content (AvgIpc) is 2.48. The van der Waals surface area contributed by atoms with Crippen LogP contribution in [0.4, 0.5) is 0 Å². The number of methoxy groups -OCH3 is 2. The van der Waals surface area contributed by atoms with Crippen molar-refractivity contribution in [2.75, 3.05) is 20.8 Å². The van der Waals surface area contributed by atoms with Gasteiger partial charge in [-0.25, -0.2) is 0 Å². The zero-order chi connectivity index (χ0) is 8.97. The largest absolute Gasteiger partial charge is 0.483 e. The normalized spacial score (nSPS) is 9.58. The van der Waals surface area contributed by atoms with Gasteiger partial charge >= 0.3 is 11.8 Å². The quantitative estimate of drug-likeness (QED) is 0.682. The summed E-state index contributed by atoms with van der Waals surface area (Å²) in [5.41, 5.74) is 0. The van der Waals surface area contributed by atoms with E-state index < -0.39 is 0 Å². The minimum atomic E-state index is 0.230. The van der Waals surface area contributed by atoms with Crippen LogP contribution in [0, 0.1) is 0 Å².